The van der Waals surface area contributed by atoms with Gasteiger partial charge in [0.25, 0.3) is 7.82 Å². The Balaban J connectivity index is 4.46. The Labute approximate surface area is 378 Å². The monoisotopic (exact) mass is 877 g/mol. The van der Waals surface area contributed by atoms with Crippen LogP contribution in [0.2, 0.25) is 0 Å². The molecule has 0 bridgehead atoms. The third-order valence-corrected chi connectivity index (χ3v) is 9.96. The molecule has 3 unspecified atom stereocenters. The summed E-state index contributed by atoms with van der Waals surface area (Å²) in [4.78, 5) is 25.3. The number of likely N-dealkylation sites (N-methyl/N-ethyl adjacent to an activating group) is 1. The van der Waals surface area contributed by atoms with Gasteiger partial charge in [-0.3, -0.25) is 9.36 Å². The first-order valence-corrected chi connectivity index (χ1v) is 24.7. The fourth-order valence-corrected chi connectivity index (χ4v) is 6.09. The van der Waals surface area contributed by atoms with Crippen LogP contribution in [0.5, 0.6) is 0 Å². The molecule has 1 amide bonds. The maximum atomic E-state index is 12.8. The lowest BCUT2D eigenvalue weighted by molar-refractivity contribution is -0.870. The fourth-order valence-electron chi connectivity index (χ4n) is 5.37. The first-order chi connectivity index (χ1) is 30.0. The fraction of sp³-hybridized carbons (Fsp3) is 0.528. The van der Waals surface area contributed by atoms with Crippen molar-refractivity contribution in [3.8, 4) is 0 Å². The van der Waals surface area contributed by atoms with Crippen molar-refractivity contribution in [1.29, 1.82) is 0 Å². The molecular formula is C53H85N2O6P. The molecule has 0 rings (SSSR count). The number of carbonyl (C=O) groups excluding carboxylic acids is 1. The van der Waals surface area contributed by atoms with Gasteiger partial charge in [-0.2, -0.15) is 0 Å². The molecule has 348 valence electrons. The van der Waals surface area contributed by atoms with Crippen LogP contribution in [0.3, 0.4) is 0 Å². The summed E-state index contributed by atoms with van der Waals surface area (Å²) in [6.07, 6.45) is 66.4. The van der Waals surface area contributed by atoms with Crippen LogP contribution in [0, 0.1) is 0 Å². The summed E-state index contributed by atoms with van der Waals surface area (Å²) in [5.74, 6) is -0.280. The van der Waals surface area contributed by atoms with E-state index >= 15 is 0 Å². The van der Waals surface area contributed by atoms with Crippen LogP contribution in [-0.4, -0.2) is 68.5 Å². The van der Waals surface area contributed by atoms with Crippen molar-refractivity contribution in [2.45, 2.75) is 142 Å². The zero-order valence-electron chi connectivity index (χ0n) is 39.2. The molecule has 0 fully saturated rings. The molecule has 0 aromatic rings. The summed E-state index contributed by atoms with van der Waals surface area (Å²) in [5, 5.41) is 13.7. The van der Waals surface area contributed by atoms with E-state index in [0.717, 1.165) is 96.3 Å². The van der Waals surface area contributed by atoms with Crippen molar-refractivity contribution < 1.29 is 32.9 Å². The molecule has 3 atom stereocenters. The quantitative estimate of drug-likeness (QED) is 0.0276. The number of carbonyl (C=O) groups is 1. The van der Waals surface area contributed by atoms with Gasteiger partial charge in [0.2, 0.25) is 5.91 Å². The van der Waals surface area contributed by atoms with E-state index < -0.39 is 26.6 Å². The van der Waals surface area contributed by atoms with E-state index in [0.29, 0.717) is 23.9 Å². The van der Waals surface area contributed by atoms with Crippen LogP contribution in [0.15, 0.2) is 146 Å². The Hall–Kier alpha value is -3.62. The van der Waals surface area contributed by atoms with Crippen LogP contribution >= 0.6 is 7.82 Å². The van der Waals surface area contributed by atoms with Crippen LogP contribution in [0.4, 0.5) is 0 Å². The highest BCUT2D eigenvalue weighted by Crippen LogP contribution is 2.38. The maximum absolute atomic E-state index is 12.8. The standard InChI is InChI=1S/C53H85N2O6P/c1-6-8-10-12-14-16-18-19-20-21-22-23-24-25-26-27-28-29-30-31-32-33-34-35-37-39-41-43-45-47-53(57)54-51(50-61-62(58,59)60-49-48-55(3,4)5)52(56)46-44-42-40-38-36-17-15-13-11-9-7-2/h8,10-11,13-14,16,19-20,22-23,25-26,28-29,31-32,34-36,38-39,41,44,46,51-52,56H,6-7,9,12,15,17-18,21,24,27,30,33,37,40,42-43,45,47-50H2,1-5H3,(H-,54,57,58,59)/b10-8-,13-11+,16-14-,20-19-,23-22-,26-25-,29-28-,32-31-,35-34-,38-36+,41-39-,46-44+. The second-order valence-electron chi connectivity index (χ2n) is 16.0. The molecule has 0 aromatic heterocycles. The number of amides is 1. The molecule has 0 aromatic carbocycles. The number of aliphatic hydroxyl groups is 1. The molecule has 2 N–H and O–H groups in total. The van der Waals surface area contributed by atoms with Crippen LogP contribution in [0.1, 0.15) is 129 Å². The van der Waals surface area contributed by atoms with E-state index in [1.807, 2.05) is 27.2 Å². The zero-order valence-corrected chi connectivity index (χ0v) is 40.1. The molecule has 0 heterocycles. The number of unbranched alkanes of at least 4 members (excludes halogenated alkanes) is 4. The Kier molecular flexibility index (Phi) is 40.2. The van der Waals surface area contributed by atoms with Gasteiger partial charge in [0.15, 0.2) is 0 Å². The van der Waals surface area contributed by atoms with Crippen molar-refractivity contribution in [3.63, 3.8) is 0 Å². The summed E-state index contributed by atoms with van der Waals surface area (Å²) >= 11 is 0. The normalized spacial score (nSPS) is 15.5. The molecule has 0 saturated carbocycles. The second kappa shape index (κ2) is 42.7. The van der Waals surface area contributed by atoms with E-state index in [4.69, 9.17) is 9.05 Å². The van der Waals surface area contributed by atoms with E-state index in [1.165, 1.54) is 0 Å². The molecule has 9 heteroatoms. The smallest absolute Gasteiger partial charge is 0.268 e. The van der Waals surface area contributed by atoms with Gasteiger partial charge >= 0.3 is 0 Å². The molecule has 0 aliphatic heterocycles. The largest absolute Gasteiger partial charge is 0.756 e. The number of allylic oxidation sites excluding steroid dienone is 23. The Morgan fingerprint density at radius 1 is 0.581 bits per heavy atom. The number of aliphatic hydroxyl groups excluding tert-OH is 1. The minimum absolute atomic E-state index is 0.0294. The van der Waals surface area contributed by atoms with Crippen molar-refractivity contribution in [3.05, 3.63) is 146 Å². The molecule has 8 nitrogen and oxygen atoms in total. The zero-order chi connectivity index (χ0) is 45.7. The molecule has 62 heavy (non-hydrogen) atoms. The second-order valence-corrected chi connectivity index (χ2v) is 17.4. The Morgan fingerprint density at radius 3 is 1.39 bits per heavy atom. The predicted octanol–water partition coefficient (Wildman–Crippen LogP) is 12.8. The van der Waals surface area contributed by atoms with E-state index in [1.54, 1.807) is 6.08 Å². The summed E-state index contributed by atoms with van der Waals surface area (Å²) in [7, 11) is 1.16. The molecule has 0 saturated heterocycles. The lowest BCUT2D eigenvalue weighted by atomic mass is 10.1. The van der Waals surface area contributed by atoms with Crippen LogP contribution in [-0.2, 0) is 18.4 Å². The van der Waals surface area contributed by atoms with Crippen molar-refractivity contribution in [2.24, 2.45) is 0 Å². The number of rotatable bonds is 39. The lowest BCUT2D eigenvalue weighted by Crippen LogP contribution is -2.45. The SMILES string of the molecule is CC/C=C\C/C=C\C/C=C\C/C=C\C/C=C\C/C=C\C/C=C\C/C=C\C/C=C\CCCC(=O)NC(COP(=O)([O-])OCC[N+](C)(C)C)C(O)/C=C/CC/C=C/CC/C=C/CCC. The van der Waals surface area contributed by atoms with Gasteiger partial charge in [-0.15, -0.1) is 0 Å². The number of hydrogen-bond donors (Lipinski definition) is 2. The van der Waals surface area contributed by atoms with Crippen molar-refractivity contribution in [2.75, 3.05) is 40.9 Å². The average Bonchev–Trinajstić information content (AvgIpc) is 3.23. The third-order valence-electron chi connectivity index (χ3n) is 8.99. The van der Waals surface area contributed by atoms with E-state index in [-0.39, 0.29) is 18.9 Å². The van der Waals surface area contributed by atoms with Gasteiger partial charge in [0.05, 0.1) is 39.9 Å². The molecule has 0 spiro atoms. The lowest BCUT2D eigenvalue weighted by Gasteiger charge is -2.29. The predicted molar refractivity (Wildman–Crippen MR) is 264 cm³/mol. The van der Waals surface area contributed by atoms with Crippen molar-refractivity contribution >= 4 is 13.7 Å². The highest BCUT2D eigenvalue weighted by Gasteiger charge is 2.23. The molecule has 0 aliphatic rings. The van der Waals surface area contributed by atoms with Gasteiger partial charge in [0, 0.05) is 6.42 Å². The Morgan fingerprint density at radius 2 is 0.968 bits per heavy atom. The average molecular weight is 877 g/mol. The minimum Gasteiger partial charge on any atom is -0.756 e. The number of quaternary nitrogens is 1. The summed E-state index contributed by atoms with van der Waals surface area (Å²) in [6.45, 7) is 4.33. The van der Waals surface area contributed by atoms with E-state index in [2.05, 4.69) is 153 Å². The maximum Gasteiger partial charge on any atom is 0.268 e. The van der Waals surface area contributed by atoms with Gasteiger partial charge in [0.1, 0.15) is 13.2 Å². The number of nitrogens with one attached hydrogen (secondary N) is 1. The molecular weight excluding hydrogens is 792 g/mol. The first-order valence-electron chi connectivity index (χ1n) is 23.2. The summed E-state index contributed by atoms with van der Waals surface area (Å²) < 4.78 is 23.1. The van der Waals surface area contributed by atoms with E-state index in [9.17, 15) is 19.4 Å². The highest BCUT2D eigenvalue weighted by molar-refractivity contribution is 7.45. The Bertz CT molecular complexity index is 1510. The van der Waals surface area contributed by atoms with Crippen LogP contribution < -0.4 is 10.2 Å². The number of phosphoric ester groups is 1. The first kappa shape index (κ1) is 58.4. The van der Waals surface area contributed by atoms with Gasteiger partial charge < -0.3 is 28.8 Å². The topological polar surface area (TPSA) is 108 Å². The minimum atomic E-state index is -4.62. The van der Waals surface area contributed by atoms with Gasteiger partial charge in [-0.25, -0.2) is 0 Å². The molecule has 0 radical (unpaired) electrons. The summed E-state index contributed by atoms with van der Waals surface area (Å²) in [5.41, 5.74) is 0. The van der Waals surface area contributed by atoms with Crippen molar-refractivity contribution in [1.82, 2.24) is 5.32 Å². The van der Waals surface area contributed by atoms with Gasteiger partial charge in [-0.05, 0) is 103 Å². The number of hydrogen-bond acceptors (Lipinski definition) is 6. The third kappa shape index (κ3) is 44.4. The summed E-state index contributed by atoms with van der Waals surface area (Å²) in [6, 6.07) is -0.950. The number of nitrogens with zero attached hydrogens (tertiary/aromatic N) is 1. The van der Waals surface area contributed by atoms with Gasteiger partial charge in [-0.1, -0.05) is 166 Å². The highest BCUT2D eigenvalue weighted by atomic mass is 31.2. The van der Waals surface area contributed by atoms with Crippen LogP contribution in [0.25, 0.3) is 0 Å². The number of phosphoric acid groups is 1. The molecule has 0 aliphatic carbocycles.